The molecule has 1 aliphatic carbocycles. The second-order valence-corrected chi connectivity index (χ2v) is 6.71. The molecule has 0 bridgehead atoms. The van der Waals surface area contributed by atoms with Crippen molar-refractivity contribution < 1.29 is 14.4 Å². The van der Waals surface area contributed by atoms with E-state index in [1.165, 1.54) is 0 Å². The number of amides is 3. The van der Waals surface area contributed by atoms with Gasteiger partial charge in [-0.05, 0) is 31.4 Å². The Morgan fingerprint density at radius 1 is 1.24 bits per heavy atom. The van der Waals surface area contributed by atoms with Crippen LogP contribution in [0.5, 0.6) is 0 Å². The van der Waals surface area contributed by atoms with Gasteiger partial charge in [0, 0.05) is 22.1 Å². The van der Waals surface area contributed by atoms with Crippen LogP contribution in [-0.2, 0) is 19.8 Å². The number of carbonyl (C=O) groups excluding carboxylic acids is 3. The van der Waals surface area contributed by atoms with Gasteiger partial charge in [-0.15, -0.1) is 0 Å². The summed E-state index contributed by atoms with van der Waals surface area (Å²) in [5, 5.41) is 2.34. The van der Waals surface area contributed by atoms with Crippen LogP contribution in [-0.4, -0.2) is 23.8 Å². The number of nitrogens with one attached hydrogen (secondary N) is 1. The quantitative estimate of drug-likeness (QED) is 0.784. The van der Waals surface area contributed by atoms with Gasteiger partial charge in [0.2, 0.25) is 17.7 Å². The van der Waals surface area contributed by atoms with Crippen molar-refractivity contribution in [3.63, 3.8) is 0 Å². The number of imide groups is 1. The van der Waals surface area contributed by atoms with Gasteiger partial charge in [0.05, 0.1) is 5.41 Å². The zero-order chi connectivity index (χ0) is 14.8. The summed E-state index contributed by atoms with van der Waals surface area (Å²) in [5.74, 6) is -0.638. The molecule has 1 unspecified atom stereocenters. The summed E-state index contributed by atoms with van der Waals surface area (Å²) in [7, 11) is 0. The fourth-order valence-electron chi connectivity index (χ4n) is 3.46. The normalized spacial score (nSPS) is 26.0. The maximum atomic E-state index is 12.9. The van der Waals surface area contributed by atoms with E-state index in [1.807, 2.05) is 18.2 Å². The molecule has 0 aromatic heterocycles. The third kappa shape index (κ3) is 1.65. The lowest BCUT2D eigenvalue weighted by Crippen LogP contribution is -2.54. The Bertz CT molecular complexity index is 696. The fourth-order valence-corrected chi connectivity index (χ4v) is 4.20. The molecule has 108 valence electrons. The van der Waals surface area contributed by atoms with Crippen molar-refractivity contribution in [2.45, 2.75) is 37.1 Å². The van der Waals surface area contributed by atoms with Crippen molar-refractivity contribution in [1.82, 2.24) is 5.32 Å². The third-order valence-electron chi connectivity index (χ3n) is 4.63. The molecular weight excluding hydrogens is 336 g/mol. The highest BCUT2D eigenvalue weighted by molar-refractivity contribution is 9.10. The van der Waals surface area contributed by atoms with E-state index in [0.717, 1.165) is 28.6 Å². The van der Waals surface area contributed by atoms with Gasteiger partial charge in [0.15, 0.2) is 0 Å². The number of fused-ring (bicyclic) bond motifs is 2. The average molecular weight is 349 g/mol. The van der Waals surface area contributed by atoms with Crippen LogP contribution in [0.25, 0.3) is 0 Å². The van der Waals surface area contributed by atoms with Gasteiger partial charge < -0.3 is 0 Å². The summed E-state index contributed by atoms with van der Waals surface area (Å²) < 4.78 is 0.917. The molecule has 1 spiro atoms. The fraction of sp³-hybridized carbons (Fsp3) is 0.400. The SMILES string of the molecule is O=C1CCC(N2C(=O)C3(CC3)c3c(Br)cccc32)C(=O)N1. The van der Waals surface area contributed by atoms with E-state index in [4.69, 9.17) is 0 Å². The van der Waals surface area contributed by atoms with E-state index in [-0.39, 0.29) is 24.1 Å². The lowest BCUT2D eigenvalue weighted by molar-refractivity contribution is -0.135. The molecule has 2 heterocycles. The van der Waals surface area contributed by atoms with Crippen molar-refractivity contribution >= 4 is 39.3 Å². The Morgan fingerprint density at radius 2 is 2.00 bits per heavy atom. The van der Waals surface area contributed by atoms with Crippen molar-refractivity contribution in [1.29, 1.82) is 0 Å². The molecule has 21 heavy (non-hydrogen) atoms. The van der Waals surface area contributed by atoms with Gasteiger partial charge in [-0.25, -0.2) is 0 Å². The van der Waals surface area contributed by atoms with Crippen molar-refractivity contribution in [2.24, 2.45) is 0 Å². The summed E-state index contributed by atoms with van der Waals surface area (Å²) in [6.07, 6.45) is 2.31. The van der Waals surface area contributed by atoms with Gasteiger partial charge in [0.1, 0.15) is 6.04 Å². The number of carbonyl (C=O) groups is 3. The zero-order valence-electron chi connectivity index (χ0n) is 11.2. The van der Waals surface area contributed by atoms with Gasteiger partial charge >= 0.3 is 0 Å². The average Bonchev–Trinajstić information content (AvgIpc) is 3.18. The Balaban J connectivity index is 1.81. The predicted molar refractivity (Wildman–Crippen MR) is 78.7 cm³/mol. The first kappa shape index (κ1) is 13.0. The molecule has 5 nitrogen and oxygen atoms in total. The molecule has 6 heteroatoms. The second kappa shape index (κ2) is 4.16. The van der Waals surface area contributed by atoms with Crippen LogP contribution < -0.4 is 10.2 Å². The maximum Gasteiger partial charge on any atom is 0.249 e. The Labute approximate surface area is 129 Å². The number of piperidine rings is 1. The van der Waals surface area contributed by atoms with Crippen molar-refractivity contribution in [3.8, 4) is 0 Å². The molecule has 4 rings (SSSR count). The highest BCUT2D eigenvalue weighted by Crippen LogP contribution is 2.60. The summed E-state index contributed by atoms with van der Waals surface area (Å²) >= 11 is 3.53. The van der Waals surface area contributed by atoms with E-state index < -0.39 is 11.5 Å². The minimum Gasteiger partial charge on any atom is -0.299 e. The molecule has 2 aliphatic heterocycles. The van der Waals surface area contributed by atoms with E-state index in [2.05, 4.69) is 21.2 Å². The number of benzene rings is 1. The predicted octanol–water partition coefficient (Wildman–Crippen LogP) is 1.63. The smallest absolute Gasteiger partial charge is 0.249 e. The summed E-state index contributed by atoms with van der Waals surface area (Å²) in [5.41, 5.74) is 1.36. The maximum absolute atomic E-state index is 12.9. The molecular formula is C15H13BrN2O3. The topological polar surface area (TPSA) is 66.5 Å². The lowest BCUT2D eigenvalue weighted by Gasteiger charge is -2.30. The third-order valence-corrected chi connectivity index (χ3v) is 5.29. The van der Waals surface area contributed by atoms with Gasteiger partial charge in [0.25, 0.3) is 0 Å². The molecule has 1 aromatic rings. The molecule has 3 amide bonds. The van der Waals surface area contributed by atoms with Crippen LogP contribution in [0.1, 0.15) is 31.2 Å². The molecule has 2 fully saturated rings. The van der Waals surface area contributed by atoms with Crippen LogP contribution >= 0.6 is 15.9 Å². The first-order valence-corrected chi connectivity index (χ1v) is 7.80. The van der Waals surface area contributed by atoms with Crippen molar-refractivity contribution in [3.05, 3.63) is 28.2 Å². The first-order chi connectivity index (χ1) is 10.0. The lowest BCUT2D eigenvalue weighted by atomic mass is 9.98. The Morgan fingerprint density at radius 3 is 2.67 bits per heavy atom. The van der Waals surface area contributed by atoms with Crippen LogP contribution in [0.2, 0.25) is 0 Å². The monoisotopic (exact) mass is 348 g/mol. The molecule has 1 atom stereocenters. The molecule has 1 saturated heterocycles. The van der Waals surface area contributed by atoms with Gasteiger partial charge in [-0.2, -0.15) is 0 Å². The van der Waals surface area contributed by atoms with Crippen LogP contribution in [0.3, 0.4) is 0 Å². The van der Waals surface area contributed by atoms with E-state index in [0.29, 0.717) is 6.42 Å². The molecule has 1 aromatic carbocycles. The van der Waals surface area contributed by atoms with Crippen molar-refractivity contribution in [2.75, 3.05) is 4.90 Å². The van der Waals surface area contributed by atoms with Gasteiger partial charge in [-0.1, -0.05) is 22.0 Å². The zero-order valence-corrected chi connectivity index (χ0v) is 12.8. The molecule has 1 N–H and O–H groups in total. The Kier molecular flexibility index (Phi) is 2.58. The van der Waals surface area contributed by atoms with E-state index in [9.17, 15) is 14.4 Å². The largest absolute Gasteiger partial charge is 0.299 e. The number of anilines is 1. The number of rotatable bonds is 1. The van der Waals surface area contributed by atoms with Crippen LogP contribution in [0.4, 0.5) is 5.69 Å². The minimum absolute atomic E-state index is 0.00102. The minimum atomic E-state index is -0.580. The summed E-state index contributed by atoms with van der Waals surface area (Å²) in [4.78, 5) is 37.9. The molecule has 3 aliphatic rings. The number of hydrogen-bond donors (Lipinski definition) is 1. The standard InChI is InChI=1S/C15H13BrN2O3/c16-8-2-1-3-9-12(8)15(6-7-15)14(21)18(9)10-4-5-11(19)17-13(10)20/h1-3,10H,4-7H2,(H,17,19,20). The Hall–Kier alpha value is -1.69. The number of hydrogen-bond acceptors (Lipinski definition) is 3. The number of halogens is 1. The van der Waals surface area contributed by atoms with Crippen LogP contribution in [0.15, 0.2) is 22.7 Å². The molecule has 1 saturated carbocycles. The van der Waals surface area contributed by atoms with E-state index in [1.54, 1.807) is 4.90 Å². The van der Waals surface area contributed by atoms with Gasteiger partial charge in [-0.3, -0.25) is 24.6 Å². The van der Waals surface area contributed by atoms with E-state index >= 15 is 0 Å². The first-order valence-electron chi connectivity index (χ1n) is 7.01. The summed E-state index contributed by atoms with van der Waals surface area (Å²) in [6, 6.07) is 5.11. The second-order valence-electron chi connectivity index (χ2n) is 5.86. The summed E-state index contributed by atoms with van der Waals surface area (Å²) in [6.45, 7) is 0. The molecule has 0 radical (unpaired) electrons. The number of nitrogens with zero attached hydrogens (tertiary/aromatic N) is 1. The van der Waals surface area contributed by atoms with Crippen LogP contribution in [0, 0.1) is 0 Å². The highest BCUT2D eigenvalue weighted by atomic mass is 79.9. The highest BCUT2D eigenvalue weighted by Gasteiger charge is 2.61.